The number of piperazine rings is 1. The second-order valence-corrected chi connectivity index (χ2v) is 7.52. The first kappa shape index (κ1) is 23.3. The Morgan fingerprint density at radius 3 is 2.29 bits per heavy atom. The van der Waals surface area contributed by atoms with Gasteiger partial charge in [0, 0.05) is 26.2 Å². The van der Waals surface area contributed by atoms with E-state index in [1.165, 1.54) is 12.1 Å². The lowest BCUT2D eigenvalue weighted by Gasteiger charge is -2.36. The molecule has 1 aliphatic heterocycles. The van der Waals surface area contributed by atoms with Gasteiger partial charge in [0.2, 0.25) is 0 Å². The molecule has 10 heteroatoms. The van der Waals surface area contributed by atoms with Crippen molar-refractivity contribution >= 4 is 11.6 Å². The molecule has 3 aromatic rings. The molecule has 1 fully saturated rings. The number of ether oxygens (including phenoxy) is 3. The zero-order valence-corrected chi connectivity index (χ0v) is 18.4. The molecule has 1 aromatic heterocycles. The molecule has 180 valence electrons. The van der Waals surface area contributed by atoms with Crippen molar-refractivity contribution in [3.05, 3.63) is 72.2 Å². The predicted octanol–water partition coefficient (Wildman–Crippen LogP) is 4.73. The summed E-state index contributed by atoms with van der Waals surface area (Å²) in [4.78, 5) is 16.8. The number of methoxy groups -OCH3 is 1. The Kier molecular flexibility index (Phi) is 6.85. The minimum absolute atomic E-state index is 0.0222. The molecule has 7 nitrogen and oxygen atoms in total. The van der Waals surface area contributed by atoms with Crippen molar-refractivity contribution in [2.75, 3.05) is 38.2 Å². The lowest BCUT2D eigenvalue weighted by Crippen LogP contribution is -2.48. The van der Waals surface area contributed by atoms with Gasteiger partial charge in [0.15, 0.2) is 5.76 Å². The Bertz CT molecular complexity index is 1110. The fraction of sp³-hybridized carbons (Fsp3) is 0.292. The van der Waals surface area contributed by atoms with E-state index in [4.69, 9.17) is 13.9 Å². The van der Waals surface area contributed by atoms with E-state index < -0.39 is 6.36 Å². The summed E-state index contributed by atoms with van der Waals surface area (Å²) in [6, 6.07) is 16.0. The number of nitrogens with zero attached hydrogens (tertiary/aromatic N) is 2. The number of rotatable bonds is 7. The minimum atomic E-state index is -4.75. The number of benzene rings is 2. The Labute approximate surface area is 194 Å². The van der Waals surface area contributed by atoms with Crippen LogP contribution in [0.15, 0.2) is 65.1 Å². The molecule has 0 atom stereocenters. The number of furan rings is 1. The zero-order chi connectivity index (χ0) is 24.1. The second-order valence-electron chi connectivity index (χ2n) is 7.52. The van der Waals surface area contributed by atoms with Crippen molar-refractivity contribution in [2.24, 2.45) is 0 Å². The monoisotopic (exact) mass is 476 g/mol. The Hall–Kier alpha value is -3.82. The lowest BCUT2D eigenvalue weighted by molar-refractivity contribution is -0.274. The van der Waals surface area contributed by atoms with Gasteiger partial charge in [-0.05, 0) is 48.5 Å². The quantitative estimate of drug-likeness (QED) is 0.492. The van der Waals surface area contributed by atoms with Gasteiger partial charge in [-0.1, -0.05) is 12.1 Å². The van der Waals surface area contributed by atoms with E-state index in [2.05, 4.69) is 9.64 Å². The minimum Gasteiger partial charge on any atom is -0.495 e. The highest BCUT2D eigenvalue weighted by molar-refractivity contribution is 5.91. The molecule has 34 heavy (non-hydrogen) atoms. The molecule has 0 saturated carbocycles. The zero-order valence-electron chi connectivity index (χ0n) is 18.4. The number of halogens is 3. The van der Waals surface area contributed by atoms with Gasteiger partial charge in [-0.3, -0.25) is 4.79 Å². The number of alkyl halides is 3. The van der Waals surface area contributed by atoms with E-state index >= 15 is 0 Å². The topological polar surface area (TPSA) is 64.4 Å². The van der Waals surface area contributed by atoms with Crippen LogP contribution in [-0.4, -0.2) is 50.5 Å². The van der Waals surface area contributed by atoms with Gasteiger partial charge in [0.25, 0.3) is 5.91 Å². The highest BCUT2D eigenvalue weighted by Crippen LogP contribution is 2.29. The highest BCUT2D eigenvalue weighted by Gasteiger charge is 2.31. The Morgan fingerprint density at radius 2 is 1.62 bits per heavy atom. The van der Waals surface area contributed by atoms with E-state index in [0.29, 0.717) is 37.7 Å². The van der Waals surface area contributed by atoms with Gasteiger partial charge < -0.3 is 28.4 Å². The maximum atomic E-state index is 12.8. The third-order valence-electron chi connectivity index (χ3n) is 5.30. The number of carbonyl (C=O) groups excluding carboxylic acids is 1. The largest absolute Gasteiger partial charge is 0.573 e. The van der Waals surface area contributed by atoms with Crippen LogP contribution >= 0.6 is 0 Å². The van der Waals surface area contributed by atoms with Gasteiger partial charge in [-0.15, -0.1) is 13.2 Å². The molecular weight excluding hydrogens is 453 g/mol. The smallest absolute Gasteiger partial charge is 0.495 e. The molecule has 4 rings (SSSR count). The Morgan fingerprint density at radius 1 is 0.941 bits per heavy atom. The van der Waals surface area contributed by atoms with Crippen LogP contribution in [0.4, 0.5) is 18.9 Å². The first-order chi connectivity index (χ1) is 16.3. The number of hydrogen-bond donors (Lipinski definition) is 0. The van der Waals surface area contributed by atoms with Gasteiger partial charge >= 0.3 is 6.36 Å². The van der Waals surface area contributed by atoms with Gasteiger partial charge in [0.1, 0.15) is 29.6 Å². The van der Waals surface area contributed by atoms with Crippen LogP contribution in [0.25, 0.3) is 0 Å². The molecule has 1 saturated heterocycles. The van der Waals surface area contributed by atoms with Crippen molar-refractivity contribution in [3.63, 3.8) is 0 Å². The SMILES string of the molecule is COc1ccccc1N1CCN(C(=O)c2ccc(COc3ccc(OC(F)(F)F)cc3)o2)CC1. The maximum Gasteiger partial charge on any atom is 0.573 e. The van der Waals surface area contributed by atoms with Crippen LogP contribution in [0.2, 0.25) is 0 Å². The lowest BCUT2D eigenvalue weighted by atomic mass is 10.2. The number of amides is 1. The van der Waals surface area contributed by atoms with Crippen molar-refractivity contribution in [1.82, 2.24) is 4.90 Å². The summed E-state index contributed by atoms with van der Waals surface area (Å²) in [6.45, 7) is 2.42. The third kappa shape index (κ3) is 5.75. The number of anilines is 1. The average Bonchev–Trinajstić information content (AvgIpc) is 3.31. The molecule has 2 heterocycles. The normalized spacial score (nSPS) is 14.1. The van der Waals surface area contributed by atoms with E-state index in [9.17, 15) is 18.0 Å². The van der Waals surface area contributed by atoms with Crippen molar-refractivity contribution < 1.29 is 36.6 Å². The maximum absolute atomic E-state index is 12.8. The Balaban J connectivity index is 1.29. The molecule has 0 spiro atoms. The average molecular weight is 476 g/mol. The number of hydrogen-bond acceptors (Lipinski definition) is 6. The molecule has 1 amide bonds. The standard InChI is InChI=1S/C24H23F3N2O5/c1-31-21-5-3-2-4-20(21)28-12-14-29(15-13-28)23(30)22-11-10-19(33-22)16-32-17-6-8-18(9-7-17)34-24(25,26)27/h2-11H,12-16H2,1H3. The van der Waals surface area contributed by atoms with E-state index in [0.717, 1.165) is 23.6 Å². The summed E-state index contributed by atoms with van der Waals surface area (Å²) in [5.74, 6) is 1.22. The summed E-state index contributed by atoms with van der Waals surface area (Å²) in [6.07, 6.45) is -4.75. The van der Waals surface area contributed by atoms with Gasteiger partial charge in [0.05, 0.1) is 12.8 Å². The van der Waals surface area contributed by atoms with E-state index in [-0.39, 0.29) is 24.0 Å². The fourth-order valence-electron chi connectivity index (χ4n) is 3.66. The first-order valence-corrected chi connectivity index (χ1v) is 10.6. The third-order valence-corrected chi connectivity index (χ3v) is 5.30. The summed E-state index contributed by atoms with van der Waals surface area (Å²) in [5.41, 5.74) is 0.993. The van der Waals surface area contributed by atoms with E-state index in [1.807, 2.05) is 24.3 Å². The fourth-order valence-corrected chi connectivity index (χ4v) is 3.66. The molecule has 0 radical (unpaired) electrons. The van der Waals surface area contributed by atoms with Crippen LogP contribution in [0.5, 0.6) is 17.2 Å². The molecule has 0 bridgehead atoms. The summed E-state index contributed by atoms with van der Waals surface area (Å²) in [7, 11) is 1.63. The van der Waals surface area contributed by atoms with Crippen LogP contribution in [0.3, 0.4) is 0 Å². The predicted molar refractivity (Wildman–Crippen MR) is 117 cm³/mol. The molecule has 0 aliphatic carbocycles. The van der Waals surface area contributed by atoms with Crippen molar-refractivity contribution in [2.45, 2.75) is 13.0 Å². The van der Waals surface area contributed by atoms with Gasteiger partial charge in [-0.25, -0.2) is 0 Å². The van der Waals surface area contributed by atoms with Crippen molar-refractivity contribution in [1.29, 1.82) is 0 Å². The second kappa shape index (κ2) is 9.98. The molecule has 0 unspecified atom stereocenters. The number of carbonyl (C=O) groups is 1. The molecule has 0 N–H and O–H groups in total. The van der Waals surface area contributed by atoms with Crippen LogP contribution in [0, 0.1) is 0 Å². The summed E-state index contributed by atoms with van der Waals surface area (Å²) >= 11 is 0. The van der Waals surface area contributed by atoms with Crippen molar-refractivity contribution in [3.8, 4) is 17.2 Å². The molecule has 2 aromatic carbocycles. The van der Waals surface area contributed by atoms with Crippen LogP contribution < -0.4 is 19.1 Å². The van der Waals surface area contributed by atoms with Crippen LogP contribution in [-0.2, 0) is 6.61 Å². The summed E-state index contributed by atoms with van der Waals surface area (Å²) < 4.78 is 57.1. The molecule has 1 aliphatic rings. The first-order valence-electron chi connectivity index (χ1n) is 10.6. The summed E-state index contributed by atoms with van der Waals surface area (Å²) in [5, 5.41) is 0. The van der Waals surface area contributed by atoms with E-state index in [1.54, 1.807) is 24.1 Å². The number of para-hydroxylation sites is 2. The highest BCUT2D eigenvalue weighted by atomic mass is 19.4. The van der Waals surface area contributed by atoms with Crippen LogP contribution in [0.1, 0.15) is 16.3 Å². The van der Waals surface area contributed by atoms with Gasteiger partial charge in [-0.2, -0.15) is 0 Å². The molecular formula is C24H23F3N2O5.